The fraction of sp³-hybridized carbons (Fsp3) is 0.538. The fourth-order valence-corrected chi connectivity index (χ4v) is 2.24. The maximum Gasteiger partial charge on any atom is 0.0270 e. The lowest BCUT2D eigenvalue weighted by molar-refractivity contribution is 0.555. The largest absolute Gasteiger partial charge is 0.148 e. The van der Waals surface area contributed by atoms with Crippen LogP contribution >= 0.6 is 12.6 Å². The van der Waals surface area contributed by atoms with Gasteiger partial charge in [-0.1, -0.05) is 43.9 Å². The second kappa shape index (κ2) is 6.79. The Hall–Kier alpha value is -0.610. The Labute approximate surface area is 92.9 Å². The van der Waals surface area contributed by atoms with Crippen molar-refractivity contribution in [3.63, 3.8) is 0 Å². The number of hydrogen-bond donors (Lipinski definition) is 1. The van der Waals surface area contributed by atoms with Crippen LogP contribution in [0.25, 0.3) is 0 Å². The Kier molecular flexibility index (Phi) is 5.56. The van der Waals surface area contributed by atoms with E-state index >= 15 is 0 Å². The zero-order valence-corrected chi connectivity index (χ0v) is 9.47. The van der Waals surface area contributed by atoms with Gasteiger partial charge in [0, 0.05) is 6.42 Å². The van der Waals surface area contributed by atoms with Gasteiger partial charge in [0.05, 0.1) is 0 Å². The van der Waals surface area contributed by atoms with E-state index in [-0.39, 0.29) is 0 Å². The van der Waals surface area contributed by atoms with E-state index in [1.54, 1.807) is 0 Å². The highest BCUT2D eigenvalue weighted by Crippen LogP contribution is 2.30. The molecular weight excluding hydrogens is 188 g/mol. The summed E-state index contributed by atoms with van der Waals surface area (Å²) >= 11 is 4.47. The van der Waals surface area contributed by atoms with Crippen LogP contribution in [0.1, 0.15) is 38.5 Å². The molecule has 0 aromatic rings. The number of thiol groups is 1. The van der Waals surface area contributed by atoms with Gasteiger partial charge in [0.2, 0.25) is 0 Å². The highest BCUT2D eigenvalue weighted by molar-refractivity contribution is 7.84. The van der Waals surface area contributed by atoms with Crippen molar-refractivity contribution in [1.82, 2.24) is 0 Å². The molecule has 0 bridgehead atoms. The highest BCUT2D eigenvalue weighted by Gasteiger charge is 2.14. The van der Waals surface area contributed by atoms with Crippen LogP contribution in [0.4, 0.5) is 0 Å². The first-order chi connectivity index (χ1) is 6.83. The minimum Gasteiger partial charge on any atom is -0.148 e. The molecule has 0 heterocycles. The first-order valence-electron chi connectivity index (χ1n) is 5.31. The molecule has 0 unspecified atom stereocenters. The molecule has 0 saturated heterocycles. The van der Waals surface area contributed by atoms with Crippen molar-refractivity contribution in [3.8, 4) is 12.3 Å². The summed E-state index contributed by atoms with van der Waals surface area (Å²) in [6, 6.07) is 0. The van der Waals surface area contributed by atoms with E-state index in [1.807, 2.05) is 12.2 Å². The second-order valence-electron chi connectivity index (χ2n) is 3.85. The predicted octanol–water partition coefficient (Wildman–Crippen LogP) is 3.96. The number of allylic oxidation sites excluding steroid dienone is 4. The molecule has 1 aliphatic rings. The predicted molar refractivity (Wildman–Crippen MR) is 66.2 cm³/mol. The molecule has 0 amide bonds. The molecule has 0 aromatic heterocycles. The van der Waals surface area contributed by atoms with E-state index < -0.39 is 0 Å². The first kappa shape index (κ1) is 11.5. The average Bonchev–Trinajstić information content (AvgIpc) is 2.65. The highest BCUT2D eigenvalue weighted by atomic mass is 32.1. The zero-order chi connectivity index (χ0) is 10.2. The van der Waals surface area contributed by atoms with E-state index in [9.17, 15) is 0 Å². The van der Waals surface area contributed by atoms with Crippen molar-refractivity contribution < 1.29 is 0 Å². The summed E-state index contributed by atoms with van der Waals surface area (Å²) in [4.78, 5) is 1.19. The monoisotopic (exact) mass is 206 g/mol. The molecule has 1 aliphatic carbocycles. The molecule has 0 atom stereocenters. The lowest BCUT2D eigenvalue weighted by atomic mass is 10.0. The van der Waals surface area contributed by atoms with Crippen molar-refractivity contribution in [2.24, 2.45) is 5.92 Å². The molecule has 1 heteroatoms. The van der Waals surface area contributed by atoms with E-state index in [2.05, 4.69) is 24.6 Å². The van der Waals surface area contributed by atoms with Gasteiger partial charge < -0.3 is 0 Å². The van der Waals surface area contributed by atoms with Crippen LogP contribution in [0.15, 0.2) is 23.1 Å². The molecule has 0 nitrogen and oxygen atoms in total. The van der Waals surface area contributed by atoms with E-state index in [4.69, 9.17) is 6.42 Å². The maximum absolute atomic E-state index is 5.14. The van der Waals surface area contributed by atoms with Gasteiger partial charge in [0.15, 0.2) is 0 Å². The van der Waals surface area contributed by atoms with Crippen molar-refractivity contribution in [1.29, 1.82) is 0 Å². The van der Waals surface area contributed by atoms with Gasteiger partial charge in [-0.2, -0.15) is 0 Å². The van der Waals surface area contributed by atoms with Crippen LogP contribution in [0, 0.1) is 18.3 Å². The molecule has 0 radical (unpaired) electrons. The van der Waals surface area contributed by atoms with Gasteiger partial charge in [-0.05, 0) is 17.2 Å². The summed E-state index contributed by atoms with van der Waals surface area (Å²) in [6.45, 7) is 0. The maximum atomic E-state index is 5.14. The summed E-state index contributed by atoms with van der Waals surface area (Å²) in [5.74, 6) is 3.45. The average molecular weight is 206 g/mol. The molecule has 0 aromatic carbocycles. The fourth-order valence-electron chi connectivity index (χ4n) is 1.89. The standard InChI is InChI=1S/C13H18S/c1-2-3-4-5-10-13(14)11-12-8-6-7-9-12/h1,4-5,10,12,14H,3,6-9,11H2/b5-4-,13-10+. The number of rotatable bonds is 4. The third kappa shape index (κ3) is 4.58. The van der Waals surface area contributed by atoms with Crippen LogP contribution < -0.4 is 0 Å². The molecule has 1 fully saturated rings. The van der Waals surface area contributed by atoms with Crippen LogP contribution in [0.2, 0.25) is 0 Å². The van der Waals surface area contributed by atoms with Crippen LogP contribution in [0.5, 0.6) is 0 Å². The molecule has 0 spiro atoms. The van der Waals surface area contributed by atoms with E-state index in [0.29, 0.717) is 6.42 Å². The molecule has 0 N–H and O–H groups in total. The second-order valence-corrected chi connectivity index (χ2v) is 4.42. The Morgan fingerprint density at radius 1 is 1.43 bits per heavy atom. The van der Waals surface area contributed by atoms with Gasteiger partial charge in [0.25, 0.3) is 0 Å². The smallest absolute Gasteiger partial charge is 0.0270 e. The normalized spacial score (nSPS) is 19.0. The number of terminal acetylenes is 1. The van der Waals surface area contributed by atoms with Gasteiger partial charge in [-0.25, -0.2) is 0 Å². The Bertz CT molecular complexity index is 249. The van der Waals surface area contributed by atoms with Crippen molar-refractivity contribution in [2.75, 3.05) is 0 Å². The molecule has 1 saturated carbocycles. The van der Waals surface area contributed by atoms with Gasteiger partial charge >= 0.3 is 0 Å². The minimum absolute atomic E-state index is 0.709. The summed E-state index contributed by atoms with van der Waals surface area (Å²) in [5.41, 5.74) is 0. The van der Waals surface area contributed by atoms with E-state index in [1.165, 1.54) is 30.6 Å². The topological polar surface area (TPSA) is 0 Å². The van der Waals surface area contributed by atoms with Crippen molar-refractivity contribution >= 4 is 12.6 Å². The van der Waals surface area contributed by atoms with Gasteiger partial charge in [-0.15, -0.1) is 25.0 Å². The Morgan fingerprint density at radius 2 is 2.14 bits per heavy atom. The van der Waals surface area contributed by atoms with E-state index in [0.717, 1.165) is 12.3 Å². The van der Waals surface area contributed by atoms with Crippen LogP contribution in [0.3, 0.4) is 0 Å². The van der Waals surface area contributed by atoms with Crippen LogP contribution in [-0.2, 0) is 0 Å². The molecule has 0 aliphatic heterocycles. The third-order valence-corrected chi connectivity index (χ3v) is 2.96. The first-order valence-corrected chi connectivity index (χ1v) is 5.75. The number of hydrogen-bond acceptors (Lipinski definition) is 1. The Balaban J connectivity index is 2.26. The Morgan fingerprint density at radius 3 is 2.79 bits per heavy atom. The molecule has 76 valence electrons. The SMILES string of the molecule is C#CC/C=C\C=C(\S)CC1CCCC1. The summed E-state index contributed by atoms with van der Waals surface area (Å²) in [6.07, 6.45) is 18.6. The van der Waals surface area contributed by atoms with Crippen molar-refractivity contribution in [2.45, 2.75) is 38.5 Å². The molecule has 14 heavy (non-hydrogen) atoms. The molecule has 1 rings (SSSR count). The summed E-state index contributed by atoms with van der Waals surface area (Å²) in [7, 11) is 0. The lowest BCUT2D eigenvalue weighted by Crippen LogP contribution is -1.91. The van der Waals surface area contributed by atoms with Crippen LogP contribution in [-0.4, -0.2) is 0 Å². The minimum atomic E-state index is 0.709. The summed E-state index contributed by atoms with van der Waals surface area (Å²) in [5, 5.41) is 0. The van der Waals surface area contributed by atoms with Gasteiger partial charge in [-0.3, -0.25) is 0 Å². The van der Waals surface area contributed by atoms with Gasteiger partial charge in [0.1, 0.15) is 0 Å². The lowest BCUT2D eigenvalue weighted by Gasteiger charge is -2.06. The summed E-state index contributed by atoms with van der Waals surface area (Å²) < 4.78 is 0. The third-order valence-electron chi connectivity index (χ3n) is 2.63. The molecular formula is C13H18S. The van der Waals surface area contributed by atoms with Crippen molar-refractivity contribution in [3.05, 3.63) is 23.1 Å². The zero-order valence-electron chi connectivity index (χ0n) is 8.58. The quantitative estimate of drug-likeness (QED) is 0.402.